The Morgan fingerprint density at radius 1 is 1.36 bits per heavy atom. The Hall–Kier alpha value is -2.37. The van der Waals surface area contributed by atoms with Crippen LogP contribution in [0, 0.1) is 12.8 Å². The van der Waals surface area contributed by atoms with Crippen molar-refractivity contribution in [2.75, 3.05) is 0 Å². The van der Waals surface area contributed by atoms with Gasteiger partial charge in [-0.2, -0.15) is 0 Å². The average Bonchev–Trinajstić information content (AvgIpc) is 2.80. The average molecular weight is 303 g/mol. The van der Waals surface area contributed by atoms with Gasteiger partial charge in [0.15, 0.2) is 0 Å². The lowest BCUT2D eigenvalue weighted by Gasteiger charge is -2.20. The van der Waals surface area contributed by atoms with Gasteiger partial charge in [-0.15, -0.1) is 0 Å². The van der Waals surface area contributed by atoms with Crippen LogP contribution in [-0.2, 0) is 16.1 Å². The van der Waals surface area contributed by atoms with Gasteiger partial charge in [-0.05, 0) is 25.0 Å². The van der Waals surface area contributed by atoms with Gasteiger partial charge in [0, 0.05) is 0 Å². The molecule has 22 heavy (non-hydrogen) atoms. The van der Waals surface area contributed by atoms with Crippen molar-refractivity contribution in [2.24, 2.45) is 5.92 Å². The SMILES string of the molecule is CC[C@H](C)[C@H](NC(=O)Cn1c(C)nc2ccccc21)C(=O)O. The fourth-order valence-electron chi connectivity index (χ4n) is 2.44. The van der Waals surface area contributed by atoms with Gasteiger partial charge in [-0.1, -0.05) is 32.4 Å². The standard InChI is InChI=1S/C16H21N3O3/c1-4-10(2)15(16(21)22)18-14(20)9-19-11(3)17-12-7-5-6-8-13(12)19/h5-8,10,15H,4,9H2,1-3H3,(H,18,20)(H,21,22)/t10-,15-/m0/s1. The van der Waals surface area contributed by atoms with E-state index in [0.717, 1.165) is 16.9 Å². The van der Waals surface area contributed by atoms with E-state index < -0.39 is 12.0 Å². The summed E-state index contributed by atoms with van der Waals surface area (Å²) in [5.74, 6) is -0.720. The number of carbonyl (C=O) groups is 2. The third-order valence-electron chi connectivity index (χ3n) is 3.94. The highest BCUT2D eigenvalue weighted by molar-refractivity contribution is 5.85. The highest BCUT2D eigenvalue weighted by Crippen LogP contribution is 2.15. The minimum atomic E-state index is -1.00. The maximum atomic E-state index is 12.2. The molecule has 1 aromatic carbocycles. The highest BCUT2D eigenvalue weighted by atomic mass is 16.4. The summed E-state index contributed by atoms with van der Waals surface area (Å²) in [5, 5.41) is 11.9. The van der Waals surface area contributed by atoms with Gasteiger partial charge in [0.05, 0.1) is 11.0 Å². The summed E-state index contributed by atoms with van der Waals surface area (Å²) >= 11 is 0. The Kier molecular flexibility index (Phi) is 4.80. The number of imidazole rings is 1. The largest absolute Gasteiger partial charge is 0.480 e. The van der Waals surface area contributed by atoms with Crippen LogP contribution in [0.3, 0.4) is 0 Å². The van der Waals surface area contributed by atoms with Gasteiger partial charge in [-0.25, -0.2) is 9.78 Å². The van der Waals surface area contributed by atoms with Gasteiger partial charge in [0.1, 0.15) is 18.4 Å². The Labute approximate surface area is 129 Å². The second-order valence-electron chi connectivity index (χ2n) is 5.50. The first-order chi connectivity index (χ1) is 10.4. The lowest BCUT2D eigenvalue weighted by molar-refractivity contribution is -0.143. The summed E-state index contributed by atoms with van der Waals surface area (Å²) in [4.78, 5) is 27.9. The van der Waals surface area contributed by atoms with Crippen LogP contribution in [0.5, 0.6) is 0 Å². The first-order valence-electron chi connectivity index (χ1n) is 7.38. The number of aliphatic carboxylic acids is 1. The van der Waals surface area contributed by atoms with Crippen LogP contribution in [0.15, 0.2) is 24.3 Å². The molecule has 6 nitrogen and oxygen atoms in total. The van der Waals surface area contributed by atoms with Crippen LogP contribution in [0.2, 0.25) is 0 Å². The van der Waals surface area contributed by atoms with Crippen molar-refractivity contribution >= 4 is 22.9 Å². The van der Waals surface area contributed by atoms with E-state index >= 15 is 0 Å². The Bertz CT molecular complexity index is 693. The summed E-state index contributed by atoms with van der Waals surface area (Å²) in [6, 6.07) is 6.69. The number of nitrogens with one attached hydrogen (secondary N) is 1. The summed E-state index contributed by atoms with van der Waals surface area (Å²) in [7, 11) is 0. The predicted octanol–water partition coefficient (Wildman–Crippen LogP) is 1.96. The van der Waals surface area contributed by atoms with E-state index in [2.05, 4.69) is 10.3 Å². The lowest BCUT2D eigenvalue weighted by Crippen LogP contribution is -2.46. The third-order valence-corrected chi connectivity index (χ3v) is 3.94. The number of nitrogens with zero attached hydrogens (tertiary/aromatic N) is 2. The minimum Gasteiger partial charge on any atom is -0.480 e. The van der Waals surface area contributed by atoms with Crippen molar-refractivity contribution in [3.05, 3.63) is 30.1 Å². The third kappa shape index (κ3) is 3.27. The normalized spacial score (nSPS) is 13.8. The number of carboxylic acid groups (broad SMARTS) is 1. The number of amides is 1. The van der Waals surface area contributed by atoms with Gasteiger partial charge in [0.25, 0.3) is 0 Å². The second-order valence-corrected chi connectivity index (χ2v) is 5.50. The monoisotopic (exact) mass is 303 g/mol. The number of hydrogen-bond donors (Lipinski definition) is 2. The molecule has 0 unspecified atom stereocenters. The van der Waals surface area contributed by atoms with E-state index in [1.54, 1.807) is 4.57 Å². The molecule has 2 atom stereocenters. The van der Waals surface area contributed by atoms with Crippen LogP contribution in [0.4, 0.5) is 0 Å². The fourth-order valence-corrected chi connectivity index (χ4v) is 2.44. The Morgan fingerprint density at radius 2 is 2.05 bits per heavy atom. The van der Waals surface area contributed by atoms with Gasteiger partial charge < -0.3 is 15.0 Å². The fraction of sp³-hybridized carbons (Fsp3) is 0.438. The Balaban J connectivity index is 2.17. The highest BCUT2D eigenvalue weighted by Gasteiger charge is 2.25. The molecular weight excluding hydrogens is 282 g/mol. The topological polar surface area (TPSA) is 84.2 Å². The maximum absolute atomic E-state index is 12.2. The number of carbonyl (C=O) groups excluding carboxylic acids is 1. The van der Waals surface area contributed by atoms with Crippen molar-refractivity contribution < 1.29 is 14.7 Å². The van der Waals surface area contributed by atoms with E-state index in [-0.39, 0.29) is 18.4 Å². The molecule has 2 N–H and O–H groups in total. The van der Waals surface area contributed by atoms with Crippen molar-refractivity contribution in [3.63, 3.8) is 0 Å². The van der Waals surface area contributed by atoms with E-state index in [4.69, 9.17) is 0 Å². The van der Waals surface area contributed by atoms with Crippen molar-refractivity contribution in [1.82, 2.24) is 14.9 Å². The first-order valence-corrected chi connectivity index (χ1v) is 7.38. The summed E-state index contributed by atoms with van der Waals surface area (Å²) in [6.45, 7) is 5.61. The molecule has 2 rings (SSSR count). The molecule has 0 aliphatic carbocycles. The van der Waals surface area contributed by atoms with E-state index in [1.807, 2.05) is 45.0 Å². The first kappa shape index (κ1) is 16.0. The molecule has 6 heteroatoms. The summed E-state index contributed by atoms with van der Waals surface area (Å²) < 4.78 is 1.79. The van der Waals surface area contributed by atoms with Crippen LogP contribution in [0.1, 0.15) is 26.1 Å². The number of aromatic nitrogens is 2. The van der Waals surface area contributed by atoms with E-state index in [1.165, 1.54) is 0 Å². The number of rotatable bonds is 6. The van der Waals surface area contributed by atoms with Crippen LogP contribution in [0.25, 0.3) is 11.0 Å². The number of benzene rings is 1. The molecule has 1 amide bonds. The van der Waals surface area contributed by atoms with Gasteiger partial charge >= 0.3 is 5.97 Å². The second kappa shape index (κ2) is 6.60. The van der Waals surface area contributed by atoms with Crippen LogP contribution in [-0.4, -0.2) is 32.6 Å². The Morgan fingerprint density at radius 3 is 2.68 bits per heavy atom. The molecule has 0 aliphatic heterocycles. The molecular formula is C16H21N3O3. The number of carboxylic acids is 1. The molecule has 0 aliphatic rings. The molecule has 0 bridgehead atoms. The van der Waals surface area contributed by atoms with Gasteiger partial charge in [0.2, 0.25) is 5.91 Å². The smallest absolute Gasteiger partial charge is 0.326 e. The summed E-state index contributed by atoms with van der Waals surface area (Å²) in [5.41, 5.74) is 1.69. The zero-order valence-electron chi connectivity index (χ0n) is 13.0. The van der Waals surface area contributed by atoms with Crippen molar-refractivity contribution in [1.29, 1.82) is 0 Å². The molecule has 0 spiro atoms. The summed E-state index contributed by atoms with van der Waals surface area (Å²) in [6.07, 6.45) is 0.685. The van der Waals surface area contributed by atoms with Crippen molar-refractivity contribution in [3.8, 4) is 0 Å². The van der Waals surface area contributed by atoms with Crippen molar-refractivity contribution in [2.45, 2.75) is 39.8 Å². The number of fused-ring (bicyclic) bond motifs is 1. The van der Waals surface area contributed by atoms with Gasteiger partial charge in [-0.3, -0.25) is 4.79 Å². The molecule has 118 valence electrons. The molecule has 1 heterocycles. The maximum Gasteiger partial charge on any atom is 0.326 e. The molecule has 0 radical (unpaired) electrons. The molecule has 0 saturated heterocycles. The molecule has 0 fully saturated rings. The molecule has 2 aromatic rings. The minimum absolute atomic E-state index is 0.0621. The zero-order chi connectivity index (χ0) is 16.3. The predicted molar refractivity (Wildman–Crippen MR) is 83.5 cm³/mol. The van der Waals surface area contributed by atoms with E-state index in [0.29, 0.717) is 6.42 Å². The number of aryl methyl sites for hydroxylation is 1. The molecule has 0 saturated carbocycles. The zero-order valence-corrected chi connectivity index (χ0v) is 13.0. The van der Waals surface area contributed by atoms with Crippen LogP contribution < -0.4 is 5.32 Å². The molecule has 1 aromatic heterocycles. The van der Waals surface area contributed by atoms with E-state index in [9.17, 15) is 14.7 Å². The lowest BCUT2D eigenvalue weighted by atomic mass is 9.99. The number of para-hydroxylation sites is 2. The van der Waals surface area contributed by atoms with Crippen LogP contribution >= 0.6 is 0 Å². The number of hydrogen-bond acceptors (Lipinski definition) is 3. The quantitative estimate of drug-likeness (QED) is 0.854.